The molecule has 0 saturated carbocycles. The zero-order chi connectivity index (χ0) is 47.8. The standard InChI is InChI=1S/C26H26N2O.C26H28N2.C12H10N2.2ClH/c29-26(17-20-9-3-1-4-10-20)28-16-15-27-18-24(21-11-5-2-6-12-21)22-13-7-8-14-23(22)25(27)19-28;1-3-9-21(10-4-1)15-16-27-17-18-28-19-25(22-11-5-2-6-12-22)23-13-7-8-14-24(23)26(28)20-27;1-2-4-11-10(3-1)5-7-14-8-6-13-9-12(11)14;;/h1-14,24-25H,15-19H2;1-14,25-26H,15-20H2;1-9,13H;2*1H/t24-,25-;25-,26-;;;/m00.../s1. The number of hydrogen-bond donors (Lipinski definition) is 1. The lowest BCUT2D eigenvalue weighted by Gasteiger charge is -2.47. The summed E-state index contributed by atoms with van der Waals surface area (Å²) in [5.74, 6) is 1.12. The van der Waals surface area contributed by atoms with Gasteiger partial charge >= 0.3 is 0 Å². The Bertz CT molecular complexity index is 2990. The van der Waals surface area contributed by atoms with Crippen molar-refractivity contribution >= 4 is 42.5 Å². The van der Waals surface area contributed by atoms with E-state index in [-0.39, 0.29) is 30.7 Å². The van der Waals surface area contributed by atoms with Gasteiger partial charge in [0.25, 0.3) is 0 Å². The lowest BCUT2D eigenvalue weighted by molar-refractivity contribution is -0.133. The summed E-state index contributed by atoms with van der Waals surface area (Å²) < 4.78 is 0. The van der Waals surface area contributed by atoms with Gasteiger partial charge in [-0.15, -0.1) is 24.8 Å². The van der Waals surface area contributed by atoms with E-state index in [1.807, 2.05) is 48.9 Å². The minimum Gasteiger partial charge on any atom is -0.365 e. The Morgan fingerprint density at radius 3 is 1.62 bits per heavy atom. The summed E-state index contributed by atoms with van der Waals surface area (Å²) in [6, 6.07) is 70.0. The third kappa shape index (κ3) is 11.7. The summed E-state index contributed by atoms with van der Waals surface area (Å²) in [6.07, 6.45) is 11.8. The molecule has 1 N–H and O–H groups in total. The van der Waals surface area contributed by atoms with E-state index in [0.717, 1.165) is 64.3 Å². The van der Waals surface area contributed by atoms with E-state index < -0.39 is 0 Å². The number of carbonyl (C=O) groups excluding carboxylic acids is 1. The van der Waals surface area contributed by atoms with Gasteiger partial charge in [0.15, 0.2) is 0 Å². The normalized spacial score (nSPS) is 20.3. The maximum atomic E-state index is 12.9. The van der Waals surface area contributed by atoms with Crippen molar-refractivity contribution in [3.05, 3.63) is 275 Å². The third-order valence-electron chi connectivity index (χ3n) is 15.4. The molecule has 372 valence electrons. The molecular formula is C64H66Cl2N6O. The van der Waals surface area contributed by atoms with Gasteiger partial charge in [0.1, 0.15) is 0 Å². The average Bonchev–Trinajstić information content (AvgIpc) is 3.45. The van der Waals surface area contributed by atoms with Gasteiger partial charge in [0.05, 0.1) is 18.2 Å². The molecule has 6 aliphatic rings. The molecule has 0 radical (unpaired) electrons. The molecule has 0 unspecified atom stereocenters. The minimum absolute atomic E-state index is 0. The summed E-state index contributed by atoms with van der Waals surface area (Å²) in [7, 11) is 0. The van der Waals surface area contributed by atoms with Crippen LogP contribution in [-0.4, -0.2) is 89.3 Å². The molecule has 2 saturated heterocycles. The largest absolute Gasteiger partial charge is 0.365 e. The van der Waals surface area contributed by atoms with Crippen molar-refractivity contribution in [2.75, 3.05) is 58.9 Å². The summed E-state index contributed by atoms with van der Waals surface area (Å²) in [5.41, 5.74) is 14.9. The van der Waals surface area contributed by atoms with Crippen LogP contribution in [0.15, 0.2) is 219 Å². The highest BCUT2D eigenvalue weighted by molar-refractivity contribution is 5.85. The second-order valence-corrected chi connectivity index (χ2v) is 19.6. The second-order valence-electron chi connectivity index (χ2n) is 19.6. The van der Waals surface area contributed by atoms with Gasteiger partial charge in [-0.25, -0.2) is 0 Å². The van der Waals surface area contributed by atoms with E-state index in [1.54, 1.807) is 0 Å². The van der Waals surface area contributed by atoms with Crippen LogP contribution < -0.4 is 5.32 Å². The molecule has 0 aromatic heterocycles. The number of halogens is 2. The lowest BCUT2D eigenvalue weighted by atomic mass is 9.80. The number of hydrogen-bond acceptors (Lipinski definition) is 6. The van der Waals surface area contributed by atoms with E-state index in [4.69, 9.17) is 0 Å². The molecule has 2 fully saturated rings. The van der Waals surface area contributed by atoms with Crippen LogP contribution in [0.4, 0.5) is 0 Å². The van der Waals surface area contributed by atoms with Crippen molar-refractivity contribution in [3.63, 3.8) is 0 Å². The van der Waals surface area contributed by atoms with Gasteiger partial charge in [-0.1, -0.05) is 194 Å². The Labute approximate surface area is 445 Å². The fourth-order valence-electron chi connectivity index (χ4n) is 11.6. The van der Waals surface area contributed by atoms with Crippen LogP contribution in [0.2, 0.25) is 0 Å². The third-order valence-corrected chi connectivity index (χ3v) is 15.4. The molecule has 0 bridgehead atoms. The first-order valence-corrected chi connectivity index (χ1v) is 25.7. The van der Waals surface area contributed by atoms with Crippen molar-refractivity contribution in [1.29, 1.82) is 0 Å². The first-order valence-electron chi connectivity index (χ1n) is 25.7. The zero-order valence-electron chi connectivity index (χ0n) is 41.4. The summed E-state index contributed by atoms with van der Waals surface area (Å²) >= 11 is 0. The molecule has 6 heterocycles. The van der Waals surface area contributed by atoms with Crippen molar-refractivity contribution in [2.45, 2.75) is 36.8 Å². The van der Waals surface area contributed by atoms with Gasteiger partial charge in [-0.05, 0) is 62.6 Å². The highest BCUT2D eigenvalue weighted by atomic mass is 35.5. The Morgan fingerprint density at radius 1 is 0.493 bits per heavy atom. The number of amides is 1. The van der Waals surface area contributed by atoms with Crippen molar-refractivity contribution in [3.8, 4) is 0 Å². The first kappa shape index (κ1) is 51.2. The predicted octanol–water partition coefficient (Wildman–Crippen LogP) is 12.2. The molecule has 7 nitrogen and oxygen atoms in total. The zero-order valence-corrected chi connectivity index (χ0v) is 43.0. The van der Waals surface area contributed by atoms with E-state index in [1.165, 1.54) is 62.3 Å². The number of fused-ring (bicyclic) bond motifs is 9. The van der Waals surface area contributed by atoms with Gasteiger partial charge < -0.3 is 15.1 Å². The van der Waals surface area contributed by atoms with E-state index in [0.29, 0.717) is 30.3 Å². The topological polar surface area (TPSA) is 45.3 Å². The Balaban J connectivity index is 0.000000140. The minimum atomic E-state index is 0. The second kappa shape index (κ2) is 24.3. The smallest absolute Gasteiger partial charge is 0.227 e. The number of piperazine rings is 2. The van der Waals surface area contributed by atoms with Crippen LogP contribution in [0.5, 0.6) is 0 Å². The highest BCUT2D eigenvalue weighted by Crippen LogP contribution is 2.42. The molecule has 1 amide bonds. The molecule has 13 rings (SSSR count). The van der Waals surface area contributed by atoms with Crippen LogP contribution in [0.25, 0.3) is 11.8 Å². The molecule has 73 heavy (non-hydrogen) atoms. The summed E-state index contributed by atoms with van der Waals surface area (Å²) in [4.78, 5) is 25.1. The van der Waals surface area contributed by atoms with Gasteiger partial charge in [0, 0.05) is 107 Å². The van der Waals surface area contributed by atoms with Crippen LogP contribution in [-0.2, 0) is 17.6 Å². The Hall–Kier alpha value is -6.71. The molecule has 7 aromatic rings. The molecular weight excluding hydrogens is 940 g/mol. The van der Waals surface area contributed by atoms with Crippen LogP contribution in [0, 0.1) is 0 Å². The first-order chi connectivity index (χ1) is 35.1. The number of carbonyl (C=O) groups is 1. The van der Waals surface area contributed by atoms with E-state index in [9.17, 15) is 4.79 Å². The molecule has 4 atom stereocenters. The van der Waals surface area contributed by atoms with Crippen LogP contribution in [0.1, 0.15) is 79.6 Å². The monoisotopic (exact) mass is 1000 g/mol. The van der Waals surface area contributed by atoms with E-state index in [2.05, 4.69) is 206 Å². The van der Waals surface area contributed by atoms with E-state index >= 15 is 0 Å². The van der Waals surface area contributed by atoms with Crippen molar-refractivity contribution in [2.24, 2.45) is 0 Å². The summed E-state index contributed by atoms with van der Waals surface area (Å²) in [5, 5.41) is 3.11. The van der Waals surface area contributed by atoms with Crippen LogP contribution in [0.3, 0.4) is 0 Å². The maximum absolute atomic E-state index is 12.9. The number of benzene rings is 7. The number of nitrogens with zero attached hydrogens (tertiary/aromatic N) is 5. The molecule has 0 aliphatic carbocycles. The van der Waals surface area contributed by atoms with Crippen molar-refractivity contribution < 1.29 is 4.79 Å². The summed E-state index contributed by atoms with van der Waals surface area (Å²) in [6.45, 7) is 9.32. The quantitative estimate of drug-likeness (QED) is 0.172. The fraction of sp³-hybridized carbons (Fsp3) is 0.234. The molecule has 0 spiro atoms. The fourth-order valence-corrected chi connectivity index (χ4v) is 11.6. The Morgan fingerprint density at radius 2 is 1.00 bits per heavy atom. The SMILES string of the molecule is C1=CN2C=Cc3ccccc3C2=CN1.Cl.Cl.O=C(Cc1ccccc1)N1CCN2C[C@@H](c3ccccc3)c3ccccc3[C@@H]2C1.c1ccc(CCN2CCN3C[C@@H](c4ccccc4)c4ccccc4[C@@H]3C2)cc1. The van der Waals surface area contributed by atoms with Gasteiger partial charge in [-0.2, -0.15) is 0 Å². The van der Waals surface area contributed by atoms with Gasteiger partial charge in [0.2, 0.25) is 5.91 Å². The van der Waals surface area contributed by atoms with Crippen LogP contribution >= 0.6 is 24.8 Å². The Kier molecular flexibility index (Phi) is 17.1. The number of nitrogens with one attached hydrogen (secondary N) is 1. The highest BCUT2D eigenvalue weighted by Gasteiger charge is 2.39. The molecule has 6 aliphatic heterocycles. The number of rotatable bonds is 7. The lowest BCUT2D eigenvalue weighted by Crippen LogP contribution is -2.53. The maximum Gasteiger partial charge on any atom is 0.227 e. The molecule has 7 aromatic carbocycles. The predicted molar refractivity (Wildman–Crippen MR) is 303 cm³/mol. The molecule has 9 heteroatoms. The average molecular weight is 1010 g/mol. The van der Waals surface area contributed by atoms with Gasteiger partial charge in [-0.3, -0.25) is 19.5 Å². The van der Waals surface area contributed by atoms with Crippen molar-refractivity contribution in [1.82, 2.24) is 29.8 Å².